The monoisotopic (exact) mass is 320 g/mol. The summed E-state index contributed by atoms with van der Waals surface area (Å²) < 4.78 is 0. The molecule has 2 N–H and O–H groups in total. The Hall–Kier alpha value is -2.22. The van der Waals surface area contributed by atoms with Gasteiger partial charge in [0, 0.05) is 52.2 Å². The Labute approximate surface area is 136 Å². The van der Waals surface area contributed by atoms with Crippen molar-refractivity contribution in [2.24, 2.45) is 5.73 Å². The van der Waals surface area contributed by atoms with Gasteiger partial charge in [-0.3, -0.25) is 14.5 Å². The van der Waals surface area contributed by atoms with Gasteiger partial charge in [0.2, 0.25) is 11.9 Å². The zero-order valence-corrected chi connectivity index (χ0v) is 14.1. The van der Waals surface area contributed by atoms with Crippen LogP contribution in [0.1, 0.15) is 24.2 Å². The maximum Gasteiger partial charge on any atom is 0.257 e. The number of aromatic nitrogens is 2. The molecular weight excluding hydrogens is 296 g/mol. The van der Waals surface area contributed by atoms with Crippen molar-refractivity contribution in [1.29, 1.82) is 0 Å². The minimum absolute atomic E-state index is 0.176. The SMILES string of the molecule is CC(C)N1CCN(C(=O)c2cnc(N(C)C)nc2)CC1C(N)=O. The molecule has 1 fully saturated rings. The van der Waals surface area contributed by atoms with E-state index in [4.69, 9.17) is 5.73 Å². The van der Waals surface area contributed by atoms with E-state index in [1.54, 1.807) is 9.80 Å². The van der Waals surface area contributed by atoms with Crippen molar-refractivity contribution in [2.75, 3.05) is 38.6 Å². The summed E-state index contributed by atoms with van der Waals surface area (Å²) >= 11 is 0. The quantitative estimate of drug-likeness (QED) is 0.808. The summed E-state index contributed by atoms with van der Waals surface area (Å²) in [5.41, 5.74) is 5.91. The molecule has 1 aromatic rings. The summed E-state index contributed by atoms with van der Waals surface area (Å²) in [6, 6.07) is -0.262. The largest absolute Gasteiger partial charge is 0.368 e. The number of hydrogen-bond acceptors (Lipinski definition) is 6. The second-order valence-electron chi connectivity index (χ2n) is 6.17. The number of carbonyl (C=O) groups is 2. The van der Waals surface area contributed by atoms with Crippen molar-refractivity contribution >= 4 is 17.8 Å². The topological polar surface area (TPSA) is 95.7 Å². The first-order chi connectivity index (χ1) is 10.8. The minimum Gasteiger partial charge on any atom is -0.368 e. The average Bonchev–Trinajstić information content (AvgIpc) is 2.53. The van der Waals surface area contributed by atoms with Crippen molar-refractivity contribution < 1.29 is 9.59 Å². The Bertz CT molecular complexity index is 572. The highest BCUT2D eigenvalue weighted by molar-refractivity contribution is 5.94. The zero-order chi connectivity index (χ0) is 17.1. The molecule has 126 valence electrons. The van der Waals surface area contributed by atoms with E-state index in [0.29, 0.717) is 31.1 Å². The lowest BCUT2D eigenvalue weighted by molar-refractivity contribution is -0.126. The van der Waals surface area contributed by atoms with Crippen LogP contribution in [0.3, 0.4) is 0 Å². The first-order valence-electron chi connectivity index (χ1n) is 7.65. The van der Waals surface area contributed by atoms with Gasteiger partial charge in [0.15, 0.2) is 0 Å². The Balaban J connectivity index is 2.12. The van der Waals surface area contributed by atoms with E-state index in [1.165, 1.54) is 12.4 Å². The molecule has 1 aromatic heterocycles. The van der Waals surface area contributed by atoms with Gasteiger partial charge in [-0.25, -0.2) is 9.97 Å². The van der Waals surface area contributed by atoms with Crippen molar-refractivity contribution in [1.82, 2.24) is 19.8 Å². The Morgan fingerprint density at radius 3 is 2.35 bits per heavy atom. The molecule has 23 heavy (non-hydrogen) atoms. The lowest BCUT2D eigenvalue weighted by atomic mass is 10.1. The van der Waals surface area contributed by atoms with Crippen LogP contribution < -0.4 is 10.6 Å². The molecule has 0 aromatic carbocycles. The van der Waals surface area contributed by atoms with Gasteiger partial charge < -0.3 is 15.5 Å². The third kappa shape index (κ3) is 3.76. The van der Waals surface area contributed by atoms with Crippen molar-refractivity contribution in [3.8, 4) is 0 Å². The maximum absolute atomic E-state index is 12.6. The number of anilines is 1. The summed E-state index contributed by atoms with van der Waals surface area (Å²) in [6.45, 7) is 5.49. The molecule has 0 bridgehead atoms. The molecule has 2 heterocycles. The normalized spacial score (nSPS) is 19.0. The van der Waals surface area contributed by atoms with Gasteiger partial charge in [-0.15, -0.1) is 0 Å². The van der Waals surface area contributed by atoms with Gasteiger partial charge in [0.05, 0.1) is 5.56 Å². The van der Waals surface area contributed by atoms with Gasteiger partial charge in [0.1, 0.15) is 6.04 Å². The average molecular weight is 320 g/mol. The molecule has 1 atom stereocenters. The highest BCUT2D eigenvalue weighted by atomic mass is 16.2. The zero-order valence-electron chi connectivity index (χ0n) is 14.1. The Morgan fingerprint density at radius 1 is 1.26 bits per heavy atom. The van der Waals surface area contributed by atoms with Crippen LogP contribution in [0.15, 0.2) is 12.4 Å². The first kappa shape index (κ1) is 17.1. The summed E-state index contributed by atoms with van der Waals surface area (Å²) in [4.78, 5) is 38.0. The van der Waals surface area contributed by atoms with Gasteiger partial charge in [-0.2, -0.15) is 0 Å². The minimum atomic E-state index is -0.463. The smallest absolute Gasteiger partial charge is 0.257 e. The molecule has 8 heteroatoms. The number of nitrogens with two attached hydrogens (primary N) is 1. The van der Waals surface area contributed by atoms with E-state index in [1.807, 2.05) is 32.8 Å². The standard InChI is InChI=1S/C15H24N6O2/c1-10(2)21-6-5-20(9-12(21)13(16)22)14(23)11-7-17-15(18-8-11)19(3)4/h7-8,10,12H,5-6,9H2,1-4H3,(H2,16,22). The molecular formula is C15H24N6O2. The third-order valence-electron chi connectivity index (χ3n) is 3.99. The molecule has 2 amide bonds. The van der Waals surface area contributed by atoms with Crippen molar-refractivity contribution in [3.05, 3.63) is 18.0 Å². The molecule has 2 rings (SSSR count). The number of amides is 2. The van der Waals surface area contributed by atoms with Gasteiger partial charge in [0.25, 0.3) is 5.91 Å². The first-order valence-corrected chi connectivity index (χ1v) is 7.65. The second kappa shape index (κ2) is 6.91. The summed E-state index contributed by atoms with van der Waals surface area (Å²) in [6.07, 6.45) is 3.03. The fourth-order valence-corrected chi connectivity index (χ4v) is 2.70. The van der Waals surface area contributed by atoms with Gasteiger partial charge in [-0.1, -0.05) is 0 Å². The molecule has 1 aliphatic rings. The Kier molecular flexibility index (Phi) is 5.15. The number of hydrogen-bond donors (Lipinski definition) is 1. The molecule has 0 aliphatic carbocycles. The molecule has 1 unspecified atom stereocenters. The van der Waals surface area contributed by atoms with E-state index in [0.717, 1.165) is 0 Å². The predicted molar refractivity (Wildman–Crippen MR) is 87.1 cm³/mol. The summed E-state index contributed by atoms with van der Waals surface area (Å²) in [7, 11) is 3.67. The van der Waals surface area contributed by atoms with Crippen LogP contribution in [-0.4, -0.2) is 77.4 Å². The summed E-state index contributed by atoms with van der Waals surface area (Å²) in [5.74, 6) is -0.0402. The van der Waals surface area contributed by atoms with Crippen LogP contribution in [0.4, 0.5) is 5.95 Å². The van der Waals surface area contributed by atoms with E-state index in [-0.39, 0.29) is 11.9 Å². The predicted octanol–water partition coefficient (Wildman–Crippen LogP) is -0.437. The fraction of sp³-hybridized carbons (Fsp3) is 0.600. The number of rotatable bonds is 4. The molecule has 1 aliphatic heterocycles. The van der Waals surface area contributed by atoms with Crippen molar-refractivity contribution in [3.63, 3.8) is 0 Å². The van der Waals surface area contributed by atoms with Crippen LogP contribution >= 0.6 is 0 Å². The number of piperazine rings is 1. The highest BCUT2D eigenvalue weighted by Gasteiger charge is 2.34. The highest BCUT2D eigenvalue weighted by Crippen LogP contribution is 2.16. The van der Waals surface area contributed by atoms with Gasteiger partial charge >= 0.3 is 0 Å². The van der Waals surface area contributed by atoms with Crippen LogP contribution in [-0.2, 0) is 4.79 Å². The summed E-state index contributed by atoms with van der Waals surface area (Å²) in [5, 5.41) is 0. The fourth-order valence-electron chi connectivity index (χ4n) is 2.70. The van der Waals surface area contributed by atoms with Crippen LogP contribution in [0.2, 0.25) is 0 Å². The molecule has 0 spiro atoms. The lowest BCUT2D eigenvalue weighted by Gasteiger charge is -2.41. The number of nitrogens with zero attached hydrogens (tertiary/aromatic N) is 5. The third-order valence-corrected chi connectivity index (χ3v) is 3.99. The van der Waals surface area contributed by atoms with E-state index in [2.05, 4.69) is 9.97 Å². The van der Waals surface area contributed by atoms with E-state index in [9.17, 15) is 9.59 Å². The maximum atomic E-state index is 12.6. The number of carbonyl (C=O) groups excluding carboxylic acids is 2. The number of primary amides is 1. The second-order valence-corrected chi connectivity index (χ2v) is 6.17. The van der Waals surface area contributed by atoms with E-state index >= 15 is 0 Å². The van der Waals surface area contributed by atoms with Gasteiger partial charge in [-0.05, 0) is 13.8 Å². The molecule has 8 nitrogen and oxygen atoms in total. The molecule has 1 saturated heterocycles. The van der Waals surface area contributed by atoms with E-state index < -0.39 is 11.9 Å². The van der Waals surface area contributed by atoms with Crippen molar-refractivity contribution in [2.45, 2.75) is 25.9 Å². The lowest BCUT2D eigenvalue weighted by Crippen LogP contribution is -2.61. The molecule has 0 saturated carbocycles. The Morgan fingerprint density at radius 2 is 1.87 bits per heavy atom. The van der Waals surface area contributed by atoms with Crippen LogP contribution in [0, 0.1) is 0 Å². The molecule has 0 radical (unpaired) electrons. The van der Waals surface area contributed by atoms with Crippen LogP contribution in [0.25, 0.3) is 0 Å². The van der Waals surface area contributed by atoms with Crippen LogP contribution in [0.5, 0.6) is 0 Å².